The smallest absolute Gasteiger partial charge is 0.0950 e. The fourth-order valence-electron chi connectivity index (χ4n) is 1.63. The molecule has 0 fully saturated rings. The molecular formula is C14H27N3O. The Morgan fingerprint density at radius 1 is 1.44 bits per heavy atom. The van der Waals surface area contributed by atoms with E-state index in [9.17, 15) is 0 Å². The first kappa shape index (κ1) is 15.2. The molecule has 0 atom stereocenters. The van der Waals surface area contributed by atoms with Gasteiger partial charge in [-0.1, -0.05) is 27.7 Å². The van der Waals surface area contributed by atoms with Gasteiger partial charge in [0.05, 0.1) is 18.6 Å². The molecule has 0 aliphatic carbocycles. The molecule has 4 heteroatoms. The van der Waals surface area contributed by atoms with E-state index >= 15 is 0 Å². The van der Waals surface area contributed by atoms with E-state index in [4.69, 9.17) is 4.74 Å². The SMILES string of the molecule is COCCNCc1cn(CC(C)(C)C(C)C)cn1. The fourth-order valence-corrected chi connectivity index (χ4v) is 1.63. The van der Waals surface area contributed by atoms with Crippen LogP contribution in [0.25, 0.3) is 0 Å². The van der Waals surface area contributed by atoms with Gasteiger partial charge in [0.2, 0.25) is 0 Å². The number of imidazole rings is 1. The van der Waals surface area contributed by atoms with Crippen LogP contribution in [0, 0.1) is 11.3 Å². The van der Waals surface area contributed by atoms with Gasteiger partial charge in [-0.3, -0.25) is 0 Å². The second-order valence-corrected chi connectivity index (χ2v) is 5.85. The second kappa shape index (κ2) is 6.90. The molecule has 0 saturated carbocycles. The number of methoxy groups -OCH3 is 1. The average molecular weight is 253 g/mol. The Morgan fingerprint density at radius 3 is 2.78 bits per heavy atom. The van der Waals surface area contributed by atoms with E-state index in [1.54, 1.807) is 7.11 Å². The Kier molecular flexibility index (Phi) is 5.82. The second-order valence-electron chi connectivity index (χ2n) is 5.85. The molecule has 1 aromatic heterocycles. The van der Waals surface area contributed by atoms with Crippen LogP contribution in [-0.4, -0.2) is 29.8 Å². The first-order chi connectivity index (χ1) is 8.45. The molecule has 0 bridgehead atoms. The van der Waals surface area contributed by atoms with Gasteiger partial charge in [0.1, 0.15) is 0 Å². The van der Waals surface area contributed by atoms with Crippen molar-refractivity contribution in [2.24, 2.45) is 11.3 Å². The molecule has 0 unspecified atom stereocenters. The van der Waals surface area contributed by atoms with Gasteiger partial charge in [0.25, 0.3) is 0 Å². The Morgan fingerprint density at radius 2 is 2.17 bits per heavy atom. The molecule has 1 rings (SSSR count). The van der Waals surface area contributed by atoms with Crippen molar-refractivity contribution in [1.29, 1.82) is 0 Å². The Bertz CT molecular complexity index is 345. The number of hydrogen-bond donors (Lipinski definition) is 1. The molecule has 1 N–H and O–H groups in total. The fraction of sp³-hybridized carbons (Fsp3) is 0.786. The standard InChI is InChI=1S/C14H27N3O/c1-12(2)14(3,4)10-17-9-13(16-11-17)8-15-6-7-18-5/h9,11-12,15H,6-8,10H2,1-5H3. The summed E-state index contributed by atoms with van der Waals surface area (Å²) >= 11 is 0. The van der Waals surface area contributed by atoms with Gasteiger partial charge >= 0.3 is 0 Å². The predicted octanol–water partition coefficient (Wildman–Crippen LogP) is 2.30. The first-order valence-electron chi connectivity index (χ1n) is 6.66. The van der Waals surface area contributed by atoms with Gasteiger partial charge in [0.15, 0.2) is 0 Å². The lowest BCUT2D eigenvalue weighted by atomic mass is 9.81. The summed E-state index contributed by atoms with van der Waals surface area (Å²) in [7, 11) is 1.71. The van der Waals surface area contributed by atoms with Crippen LogP contribution in [0.5, 0.6) is 0 Å². The maximum Gasteiger partial charge on any atom is 0.0950 e. The minimum Gasteiger partial charge on any atom is -0.383 e. The molecule has 0 spiro atoms. The van der Waals surface area contributed by atoms with Crippen molar-refractivity contribution in [3.8, 4) is 0 Å². The maximum atomic E-state index is 4.99. The van der Waals surface area contributed by atoms with E-state index in [2.05, 4.69) is 48.8 Å². The zero-order valence-electron chi connectivity index (χ0n) is 12.4. The zero-order valence-corrected chi connectivity index (χ0v) is 12.4. The minimum absolute atomic E-state index is 0.293. The molecule has 18 heavy (non-hydrogen) atoms. The summed E-state index contributed by atoms with van der Waals surface area (Å²) in [6.07, 6.45) is 4.06. The van der Waals surface area contributed by atoms with E-state index in [-0.39, 0.29) is 0 Å². The number of nitrogens with zero attached hydrogens (tertiary/aromatic N) is 2. The summed E-state index contributed by atoms with van der Waals surface area (Å²) in [4.78, 5) is 4.42. The number of aromatic nitrogens is 2. The summed E-state index contributed by atoms with van der Waals surface area (Å²) < 4.78 is 7.18. The summed E-state index contributed by atoms with van der Waals surface area (Å²) in [6, 6.07) is 0. The van der Waals surface area contributed by atoms with Crippen molar-refractivity contribution in [2.75, 3.05) is 20.3 Å². The van der Waals surface area contributed by atoms with Gasteiger partial charge in [0, 0.05) is 32.9 Å². The summed E-state index contributed by atoms with van der Waals surface area (Å²) in [5.74, 6) is 0.656. The summed E-state index contributed by atoms with van der Waals surface area (Å²) in [5.41, 5.74) is 1.38. The van der Waals surface area contributed by atoms with E-state index in [0.29, 0.717) is 11.3 Å². The Hall–Kier alpha value is -0.870. The summed E-state index contributed by atoms with van der Waals surface area (Å²) in [5, 5.41) is 3.30. The van der Waals surface area contributed by atoms with Crippen LogP contribution < -0.4 is 5.32 Å². The molecule has 1 heterocycles. The van der Waals surface area contributed by atoms with Gasteiger partial charge < -0.3 is 14.6 Å². The van der Waals surface area contributed by atoms with Crippen LogP contribution in [0.15, 0.2) is 12.5 Å². The lowest BCUT2D eigenvalue weighted by Gasteiger charge is -2.29. The normalized spacial score (nSPS) is 12.3. The lowest BCUT2D eigenvalue weighted by molar-refractivity contribution is 0.199. The quantitative estimate of drug-likeness (QED) is 0.723. The maximum absolute atomic E-state index is 4.99. The van der Waals surface area contributed by atoms with Crippen molar-refractivity contribution >= 4 is 0 Å². The third-order valence-corrected chi connectivity index (χ3v) is 3.63. The van der Waals surface area contributed by atoms with E-state index < -0.39 is 0 Å². The average Bonchev–Trinajstić information content (AvgIpc) is 2.71. The lowest BCUT2D eigenvalue weighted by Crippen LogP contribution is -2.25. The molecule has 0 aliphatic heterocycles. The van der Waals surface area contributed by atoms with E-state index in [0.717, 1.165) is 31.9 Å². The highest BCUT2D eigenvalue weighted by atomic mass is 16.5. The molecule has 4 nitrogen and oxygen atoms in total. The monoisotopic (exact) mass is 253 g/mol. The largest absolute Gasteiger partial charge is 0.383 e. The molecule has 1 aromatic rings. The zero-order chi connectivity index (χ0) is 13.6. The van der Waals surface area contributed by atoms with Crippen molar-refractivity contribution < 1.29 is 4.74 Å². The molecule has 0 saturated heterocycles. The Balaban J connectivity index is 2.43. The van der Waals surface area contributed by atoms with Gasteiger partial charge in [-0.25, -0.2) is 4.98 Å². The third-order valence-electron chi connectivity index (χ3n) is 3.63. The van der Waals surface area contributed by atoms with Crippen LogP contribution in [0.3, 0.4) is 0 Å². The predicted molar refractivity (Wildman–Crippen MR) is 74.4 cm³/mol. The molecule has 104 valence electrons. The van der Waals surface area contributed by atoms with Crippen LogP contribution in [0.4, 0.5) is 0 Å². The van der Waals surface area contributed by atoms with Crippen LogP contribution >= 0.6 is 0 Å². The highest BCUT2D eigenvalue weighted by Gasteiger charge is 2.22. The highest BCUT2D eigenvalue weighted by molar-refractivity contribution is 4.97. The van der Waals surface area contributed by atoms with E-state index in [1.165, 1.54) is 0 Å². The Labute approximate surface area is 111 Å². The third kappa shape index (κ3) is 4.78. The number of hydrogen-bond acceptors (Lipinski definition) is 3. The van der Waals surface area contributed by atoms with E-state index in [1.807, 2.05) is 6.33 Å². The van der Waals surface area contributed by atoms with Crippen molar-refractivity contribution in [1.82, 2.24) is 14.9 Å². The van der Waals surface area contributed by atoms with Crippen LogP contribution in [0.2, 0.25) is 0 Å². The number of nitrogens with one attached hydrogen (secondary N) is 1. The molecule has 0 aliphatic rings. The number of ether oxygens (including phenoxy) is 1. The first-order valence-corrected chi connectivity index (χ1v) is 6.66. The molecule has 0 aromatic carbocycles. The van der Waals surface area contributed by atoms with Crippen molar-refractivity contribution in [2.45, 2.75) is 40.8 Å². The van der Waals surface area contributed by atoms with Gasteiger partial charge in [-0.15, -0.1) is 0 Å². The van der Waals surface area contributed by atoms with Gasteiger partial charge in [-0.05, 0) is 11.3 Å². The van der Waals surface area contributed by atoms with Crippen molar-refractivity contribution in [3.05, 3.63) is 18.2 Å². The number of rotatable bonds is 8. The summed E-state index contributed by atoms with van der Waals surface area (Å²) in [6.45, 7) is 12.5. The minimum atomic E-state index is 0.293. The van der Waals surface area contributed by atoms with Crippen LogP contribution in [-0.2, 0) is 17.8 Å². The van der Waals surface area contributed by atoms with Crippen LogP contribution in [0.1, 0.15) is 33.4 Å². The molecular weight excluding hydrogens is 226 g/mol. The highest BCUT2D eigenvalue weighted by Crippen LogP contribution is 2.27. The topological polar surface area (TPSA) is 39.1 Å². The molecule has 0 amide bonds. The van der Waals surface area contributed by atoms with Crippen molar-refractivity contribution in [3.63, 3.8) is 0 Å². The molecule has 0 radical (unpaired) electrons. The van der Waals surface area contributed by atoms with Gasteiger partial charge in [-0.2, -0.15) is 0 Å².